The molecule has 0 spiro atoms. The molecule has 0 amide bonds. The number of piperidine rings is 1. The van der Waals surface area contributed by atoms with Gasteiger partial charge in [0.25, 0.3) is 0 Å². The third-order valence-corrected chi connectivity index (χ3v) is 3.31. The SMILES string of the molecule is COc1cc(O)cc(F)c1CC1CCNCC1. The molecule has 0 saturated carbocycles. The Balaban J connectivity index is 2.18. The molecule has 2 rings (SSSR count). The number of phenols is 1. The number of aromatic hydroxyl groups is 1. The van der Waals surface area contributed by atoms with Gasteiger partial charge in [-0.15, -0.1) is 0 Å². The highest BCUT2D eigenvalue weighted by molar-refractivity contribution is 5.41. The fraction of sp³-hybridized carbons (Fsp3) is 0.538. The number of nitrogens with one attached hydrogen (secondary N) is 1. The van der Waals surface area contributed by atoms with Gasteiger partial charge in [0.2, 0.25) is 0 Å². The maximum Gasteiger partial charge on any atom is 0.133 e. The largest absolute Gasteiger partial charge is 0.508 e. The highest BCUT2D eigenvalue weighted by Crippen LogP contribution is 2.31. The predicted octanol–water partition coefficient (Wildman–Crippen LogP) is 2.08. The van der Waals surface area contributed by atoms with Gasteiger partial charge in [0.15, 0.2) is 0 Å². The number of hydrogen-bond donors (Lipinski definition) is 2. The number of benzene rings is 1. The summed E-state index contributed by atoms with van der Waals surface area (Å²) in [6.45, 7) is 1.99. The third-order valence-electron chi connectivity index (χ3n) is 3.31. The van der Waals surface area contributed by atoms with Crippen LogP contribution in [0.3, 0.4) is 0 Å². The Kier molecular flexibility index (Phi) is 3.84. The molecule has 0 aliphatic carbocycles. The fourth-order valence-corrected chi connectivity index (χ4v) is 2.35. The van der Waals surface area contributed by atoms with Crippen molar-refractivity contribution in [1.82, 2.24) is 5.32 Å². The van der Waals surface area contributed by atoms with Gasteiger partial charge < -0.3 is 15.2 Å². The van der Waals surface area contributed by atoms with Gasteiger partial charge in [-0.1, -0.05) is 0 Å². The maximum atomic E-state index is 13.8. The van der Waals surface area contributed by atoms with E-state index < -0.39 is 0 Å². The first kappa shape index (κ1) is 12.2. The van der Waals surface area contributed by atoms with E-state index in [0.717, 1.165) is 32.0 Å². The van der Waals surface area contributed by atoms with Crippen LogP contribution in [0.25, 0.3) is 0 Å². The van der Waals surface area contributed by atoms with Crippen molar-refractivity contribution in [3.05, 3.63) is 23.5 Å². The van der Waals surface area contributed by atoms with Gasteiger partial charge in [0.05, 0.1) is 7.11 Å². The lowest BCUT2D eigenvalue weighted by Gasteiger charge is -2.23. The van der Waals surface area contributed by atoms with Gasteiger partial charge in [0, 0.05) is 17.7 Å². The van der Waals surface area contributed by atoms with Gasteiger partial charge in [0.1, 0.15) is 17.3 Å². The van der Waals surface area contributed by atoms with Crippen LogP contribution in [0.4, 0.5) is 4.39 Å². The molecule has 0 radical (unpaired) electrons. The number of rotatable bonds is 3. The summed E-state index contributed by atoms with van der Waals surface area (Å²) in [5.41, 5.74) is 0.581. The summed E-state index contributed by atoms with van der Waals surface area (Å²) >= 11 is 0. The summed E-state index contributed by atoms with van der Waals surface area (Å²) in [6, 6.07) is 2.62. The zero-order valence-corrected chi connectivity index (χ0v) is 10.0. The molecule has 0 atom stereocenters. The van der Waals surface area contributed by atoms with Crippen molar-refractivity contribution in [3.8, 4) is 11.5 Å². The lowest BCUT2D eigenvalue weighted by atomic mass is 9.90. The second-order valence-corrected chi connectivity index (χ2v) is 4.51. The molecule has 1 fully saturated rings. The van der Waals surface area contributed by atoms with Crippen LogP contribution in [0, 0.1) is 11.7 Å². The van der Waals surface area contributed by atoms with Crippen molar-refractivity contribution < 1.29 is 14.2 Å². The van der Waals surface area contributed by atoms with Crippen molar-refractivity contribution >= 4 is 0 Å². The Morgan fingerprint density at radius 3 is 2.76 bits per heavy atom. The molecule has 0 aromatic heterocycles. The molecule has 1 heterocycles. The van der Waals surface area contributed by atoms with E-state index in [-0.39, 0.29) is 11.6 Å². The molecule has 1 aromatic carbocycles. The van der Waals surface area contributed by atoms with Gasteiger partial charge in [-0.05, 0) is 38.3 Å². The number of halogens is 1. The smallest absolute Gasteiger partial charge is 0.133 e. The van der Waals surface area contributed by atoms with E-state index in [9.17, 15) is 9.50 Å². The lowest BCUT2D eigenvalue weighted by molar-refractivity contribution is 0.352. The predicted molar refractivity (Wildman–Crippen MR) is 63.9 cm³/mol. The highest BCUT2D eigenvalue weighted by atomic mass is 19.1. The van der Waals surface area contributed by atoms with E-state index in [4.69, 9.17) is 4.74 Å². The van der Waals surface area contributed by atoms with Crippen LogP contribution in [-0.2, 0) is 6.42 Å². The summed E-state index contributed by atoms with van der Waals surface area (Å²) in [4.78, 5) is 0. The average molecular weight is 239 g/mol. The van der Waals surface area contributed by atoms with Crippen LogP contribution >= 0.6 is 0 Å². The molecule has 0 bridgehead atoms. The number of ether oxygens (including phenoxy) is 1. The molecule has 1 saturated heterocycles. The Bertz CT molecular complexity index is 389. The highest BCUT2D eigenvalue weighted by Gasteiger charge is 2.19. The zero-order valence-electron chi connectivity index (χ0n) is 10.0. The molecular formula is C13H18FNO2. The Hall–Kier alpha value is -1.29. The third kappa shape index (κ3) is 2.88. The number of methoxy groups -OCH3 is 1. The first-order chi connectivity index (χ1) is 8.20. The standard InChI is InChI=1S/C13H18FNO2/c1-17-13-8-10(16)7-12(14)11(13)6-9-2-4-15-5-3-9/h7-9,15-16H,2-6H2,1H3. The first-order valence-electron chi connectivity index (χ1n) is 5.97. The molecule has 4 heteroatoms. The molecule has 0 unspecified atom stereocenters. The summed E-state index contributed by atoms with van der Waals surface area (Å²) in [6.07, 6.45) is 2.80. The van der Waals surface area contributed by atoms with E-state index in [2.05, 4.69) is 5.32 Å². The number of hydrogen-bond acceptors (Lipinski definition) is 3. The zero-order chi connectivity index (χ0) is 12.3. The molecule has 1 aromatic rings. The molecule has 1 aliphatic heterocycles. The van der Waals surface area contributed by atoms with Gasteiger partial charge in [-0.25, -0.2) is 4.39 Å². The molecule has 1 aliphatic rings. The minimum absolute atomic E-state index is 0.0894. The molecule has 3 nitrogen and oxygen atoms in total. The first-order valence-corrected chi connectivity index (χ1v) is 5.97. The van der Waals surface area contributed by atoms with Gasteiger partial charge in [-0.3, -0.25) is 0 Å². The van der Waals surface area contributed by atoms with Crippen LogP contribution in [0.2, 0.25) is 0 Å². The van der Waals surface area contributed by atoms with Crippen molar-refractivity contribution in [1.29, 1.82) is 0 Å². The summed E-state index contributed by atoms with van der Waals surface area (Å²) in [5.74, 6) is 0.471. The Labute approximate surface area is 101 Å². The summed E-state index contributed by atoms with van der Waals surface area (Å²) in [7, 11) is 1.50. The van der Waals surface area contributed by atoms with Crippen molar-refractivity contribution in [3.63, 3.8) is 0 Å². The second-order valence-electron chi connectivity index (χ2n) is 4.51. The van der Waals surface area contributed by atoms with Crippen molar-refractivity contribution in [2.45, 2.75) is 19.3 Å². The van der Waals surface area contributed by atoms with E-state index in [1.54, 1.807) is 0 Å². The van der Waals surface area contributed by atoms with Gasteiger partial charge >= 0.3 is 0 Å². The topological polar surface area (TPSA) is 41.5 Å². The van der Waals surface area contributed by atoms with E-state index in [1.807, 2.05) is 0 Å². The average Bonchev–Trinajstić information content (AvgIpc) is 2.33. The maximum absolute atomic E-state index is 13.8. The van der Waals surface area contributed by atoms with Crippen LogP contribution in [0.15, 0.2) is 12.1 Å². The van der Waals surface area contributed by atoms with Crippen LogP contribution < -0.4 is 10.1 Å². The summed E-state index contributed by atoms with van der Waals surface area (Å²) in [5, 5.41) is 12.6. The summed E-state index contributed by atoms with van der Waals surface area (Å²) < 4.78 is 18.9. The normalized spacial score (nSPS) is 17.1. The van der Waals surface area contributed by atoms with E-state index in [0.29, 0.717) is 23.7 Å². The van der Waals surface area contributed by atoms with Crippen LogP contribution in [0.5, 0.6) is 11.5 Å². The quantitative estimate of drug-likeness (QED) is 0.848. The molecule has 94 valence electrons. The van der Waals surface area contributed by atoms with Crippen molar-refractivity contribution in [2.75, 3.05) is 20.2 Å². The molecule has 2 N–H and O–H groups in total. The lowest BCUT2D eigenvalue weighted by Crippen LogP contribution is -2.28. The van der Waals surface area contributed by atoms with Crippen LogP contribution in [-0.4, -0.2) is 25.3 Å². The number of phenolic OH excluding ortho intramolecular Hbond substituents is 1. The van der Waals surface area contributed by atoms with Gasteiger partial charge in [-0.2, -0.15) is 0 Å². The minimum Gasteiger partial charge on any atom is -0.508 e. The van der Waals surface area contributed by atoms with Crippen molar-refractivity contribution in [2.24, 2.45) is 5.92 Å². The van der Waals surface area contributed by atoms with Crippen LogP contribution in [0.1, 0.15) is 18.4 Å². The molecule has 17 heavy (non-hydrogen) atoms. The Morgan fingerprint density at radius 1 is 1.41 bits per heavy atom. The Morgan fingerprint density at radius 2 is 2.12 bits per heavy atom. The second kappa shape index (κ2) is 5.36. The minimum atomic E-state index is -0.375. The fourth-order valence-electron chi connectivity index (χ4n) is 2.35. The van der Waals surface area contributed by atoms with E-state index >= 15 is 0 Å². The van der Waals surface area contributed by atoms with E-state index in [1.165, 1.54) is 13.2 Å². The monoisotopic (exact) mass is 239 g/mol. The molecular weight excluding hydrogens is 221 g/mol.